The van der Waals surface area contributed by atoms with Crippen molar-refractivity contribution in [3.8, 4) is 44.8 Å². The van der Waals surface area contributed by atoms with E-state index in [9.17, 15) is 0 Å². The first-order valence-electron chi connectivity index (χ1n) is 20.8. The smallest absolute Gasteiger partial charge is 0.0702 e. The fourth-order valence-corrected chi connectivity index (χ4v) is 8.34. The van der Waals surface area contributed by atoms with Crippen molar-refractivity contribution in [1.29, 1.82) is 0 Å². The summed E-state index contributed by atoms with van der Waals surface area (Å²) in [7, 11) is 4.39. The van der Waals surface area contributed by atoms with E-state index in [2.05, 4.69) is 209 Å². The van der Waals surface area contributed by atoms with Crippen LogP contribution < -0.4 is 0 Å². The van der Waals surface area contributed by atoms with Crippen LogP contribution in [0.2, 0.25) is 0 Å². The van der Waals surface area contributed by atoms with Gasteiger partial charge in [0.25, 0.3) is 0 Å². The van der Waals surface area contributed by atoms with Gasteiger partial charge in [0.15, 0.2) is 0 Å². The van der Waals surface area contributed by atoms with Crippen molar-refractivity contribution in [2.24, 2.45) is 0 Å². The molecule has 0 fully saturated rings. The number of allylic oxidation sites excluding steroid dienone is 4. The molecule has 0 N–H and O–H groups in total. The SMILES string of the molecule is Cc1ccc(C2=CC=C(c3cc(-c4ccc(-c5ccc(C)cc5)nc4)c(C4=CC=C(c5ccc(C)cc5)N(C)C4)cc3-c3ccc(-c4ccc(C)cc4)nc3)CN2C)cc1. The largest absolute Gasteiger partial charge is 0.370 e. The Kier molecular flexibility index (Phi) is 10.5. The maximum atomic E-state index is 5.06. The Labute approximate surface area is 355 Å². The van der Waals surface area contributed by atoms with Crippen molar-refractivity contribution in [1.82, 2.24) is 19.8 Å². The Balaban J connectivity index is 1.22. The van der Waals surface area contributed by atoms with Crippen LogP contribution in [0.1, 0.15) is 44.5 Å². The first kappa shape index (κ1) is 38.5. The summed E-state index contributed by atoms with van der Waals surface area (Å²) in [6.45, 7) is 10.0. The highest BCUT2D eigenvalue weighted by molar-refractivity contribution is 5.94. The molecule has 294 valence electrons. The van der Waals surface area contributed by atoms with E-state index in [0.717, 1.165) is 57.9 Å². The van der Waals surface area contributed by atoms with E-state index in [4.69, 9.17) is 9.97 Å². The summed E-state index contributed by atoms with van der Waals surface area (Å²) in [4.78, 5) is 14.8. The molecular weight excluding hydrogens is 729 g/mol. The predicted octanol–water partition coefficient (Wildman–Crippen LogP) is 13.1. The lowest BCUT2D eigenvalue weighted by atomic mass is 9.84. The molecule has 0 aliphatic carbocycles. The number of likely N-dealkylation sites (N-methyl/N-ethyl adjacent to an activating group) is 2. The van der Waals surface area contributed by atoms with Crippen LogP contribution in [0.3, 0.4) is 0 Å². The second-order valence-electron chi connectivity index (χ2n) is 16.5. The number of aryl methyl sites for hydroxylation is 4. The topological polar surface area (TPSA) is 32.3 Å². The highest BCUT2D eigenvalue weighted by atomic mass is 15.1. The number of pyridine rings is 2. The molecule has 4 heterocycles. The normalized spacial score (nSPS) is 14.0. The highest BCUT2D eigenvalue weighted by Crippen LogP contribution is 2.42. The standard InChI is InChI=1S/C56H50N4/c1-37-7-15-41(16-8-37)53-27-23-45(33-57-53)49-31-52(48-26-30-56(60(6)36-48)44-21-13-40(4)14-22-44)50(46-24-28-54(58-34-46)42-17-9-38(2)10-18-42)32-51(49)47-25-29-55(59(5)35-47)43-19-11-39(3)12-20-43/h7-34H,35-36H2,1-6H3. The minimum Gasteiger partial charge on any atom is -0.370 e. The predicted molar refractivity (Wildman–Crippen MR) is 253 cm³/mol. The molecule has 0 saturated heterocycles. The summed E-state index contributed by atoms with van der Waals surface area (Å²) < 4.78 is 0. The van der Waals surface area contributed by atoms with E-state index in [1.54, 1.807) is 0 Å². The lowest BCUT2D eigenvalue weighted by Gasteiger charge is -2.31. The van der Waals surface area contributed by atoms with Gasteiger partial charge in [-0.25, -0.2) is 0 Å². The molecule has 0 bridgehead atoms. The van der Waals surface area contributed by atoms with E-state index in [-0.39, 0.29) is 0 Å². The summed E-state index contributed by atoms with van der Waals surface area (Å²) >= 11 is 0. The van der Waals surface area contributed by atoms with Gasteiger partial charge in [0, 0.05) is 73.2 Å². The van der Waals surface area contributed by atoms with Crippen LogP contribution in [-0.4, -0.2) is 47.0 Å². The summed E-state index contributed by atoms with van der Waals surface area (Å²) in [5, 5.41) is 0. The average molecular weight is 779 g/mol. The fraction of sp³-hybridized carbons (Fsp3) is 0.143. The summed E-state index contributed by atoms with van der Waals surface area (Å²) in [6.07, 6.45) is 13.3. The minimum atomic E-state index is 0.763. The lowest BCUT2D eigenvalue weighted by molar-refractivity contribution is 0.539. The van der Waals surface area contributed by atoms with Crippen molar-refractivity contribution in [2.75, 3.05) is 27.2 Å². The maximum Gasteiger partial charge on any atom is 0.0702 e. The van der Waals surface area contributed by atoms with Crippen molar-refractivity contribution in [2.45, 2.75) is 27.7 Å². The van der Waals surface area contributed by atoms with Gasteiger partial charge in [0.2, 0.25) is 0 Å². The van der Waals surface area contributed by atoms with Gasteiger partial charge in [-0.05, 0) is 109 Å². The molecule has 0 amide bonds. The molecule has 60 heavy (non-hydrogen) atoms. The van der Waals surface area contributed by atoms with Crippen LogP contribution in [0.4, 0.5) is 0 Å². The summed E-state index contributed by atoms with van der Waals surface area (Å²) in [5.74, 6) is 0. The van der Waals surface area contributed by atoms with Crippen LogP contribution in [0.25, 0.3) is 67.3 Å². The van der Waals surface area contributed by atoms with Gasteiger partial charge in [-0.2, -0.15) is 0 Å². The van der Waals surface area contributed by atoms with Gasteiger partial charge in [-0.3, -0.25) is 9.97 Å². The zero-order valence-corrected chi connectivity index (χ0v) is 35.4. The molecule has 0 radical (unpaired) electrons. The lowest BCUT2D eigenvalue weighted by Crippen LogP contribution is -2.23. The van der Waals surface area contributed by atoms with Crippen molar-refractivity contribution in [3.05, 3.63) is 215 Å². The molecule has 0 unspecified atom stereocenters. The minimum absolute atomic E-state index is 0.763. The third-order valence-electron chi connectivity index (χ3n) is 11.9. The van der Waals surface area contributed by atoms with E-state index in [0.29, 0.717) is 0 Å². The molecule has 7 aromatic rings. The maximum absolute atomic E-state index is 5.06. The molecule has 5 aromatic carbocycles. The Morgan fingerprint density at radius 3 is 0.967 bits per heavy atom. The summed E-state index contributed by atoms with van der Waals surface area (Å²) in [5.41, 5.74) is 23.4. The van der Waals surface area contributed by atoms with Crippen LogP contribution in [-0.2, 0) is 0 Å². The van der Waals surface area contributed by atoms with Crippen LogP contribution in [0, 0.1) is 27.7 Å². The van der Waals surface area contributed by atoms with Gasteiger partial charge in [-0.1, -0.05) is 144 Å². The molecule has 2 aliphatic rings. The van der Waals surface area contributed by atoms with Gasteiger partial charge < -0.3 is 9.80 Å². The number of rotatable bonds is 8. The summed E-state index contributed by atoms with van der Waals surface area (Å²) in [6, 6.07) is 48.4. The molecule has 2 aliphatic heterocycles. The first-order chi connectivity index (χ1) is 29.2. The molecular formula is C56H50N4. The Bertz CT molecular complexity index is 2600. The molecule has 0 spiro atoms. The van der Waals surface area contributed by atoms with E-state index >= 15 is 0 Å². The van der Waals surface area contributed by atoms with Gasteiger partial charge in [0.1, 0.15) is 0 Å². The monoisotopic (exact) mass is 778 g/mol. The van der Waals surface area contributed by atoms with Crippen molar-refractivity contribution >= 4 is 22.5 Å². The van der Waals surface area contributed by atoms with Gasteiger partial charge in [-0.15, -0.1) is 0 Å². The Hall–Kier alpha value is -7.04. The molecule has 0 atom stereocenters. The third kappa shape index (κ3) is 7.89. The third-order valence-corrected chi connectivity index (χ3v) is 11.9. The van der Waals surface area contributed by atoms with E-state index in [1.165, 1.54) is 67.0 Å². The molecule has 4 heteroatoms. The Morgan fingerprint density at radius 2 is 0.667 bits per heavy atom. The number of hydrogen-bond donors (Lipinski definition) is 0. The number of hydrogen-bond acceptors (Lipinski definition) is 4. The number of nitrogens with zero attached hydrogens (tertiary/aromatic N) is 4. The van der Waals surface area contributed by atoms with Gasteiger partial charge >= 0.3 is 0 Å². The molecule has 9 rings (SSSR count). The second kappa shape index (κ2) is 16.3. The van der Waals surface area contributed by atoms with Crippen LogP contribution in [0.5, 0.6) is 0 Å². The number of aromatic nitrogens is 2. The van der Waals surface area contributed by atoms with Crippen LogP contribution in [0.15, 0.2) is 170 Å². The molecule has 2 aromatic heterocycles. The quantitative estimate of drug-likeness (QED) is 0.154. The van der Waals surface area contributed by atoms with E-state index < -0.39 is 0 Å². The number of benzene rings is 5. The first-order valence-corrected chi connectivity index (χ1v) is 20.8. The van der Waals surface area contributed by atoms with Gasteiger partial charge in [0.05, 0.1) is 11.4 Å². The highest BCUT2D eigenvalue weighted by Gasteiger charge is 2.24. The Morgan fingerprint density at radius 1 is 0.350 bits per heavy atom. The average Bonchev–Trinajstić information content (AvgIpc) is 3.27. The zero-order chi connectivity index (χ0) is 41.3. The van der Waals surface area contributed by atoms with Crippen molar-refractivity contribution < 1.29 is 0 Å². The zero-order valence-electron chi connectivity index (χ0n) is 35.4. The molecule has 0 saturated carbocycles. The molecule has 4 nitrogen and oxygen atoms in total. The fourth-order valence-electron chi connectivity index (χ4n) is 8.34. The second-order valence-corrected chi connectivity index (χ2v) is 16.5. The van der Waals surface area contributed by atoms with Crippen LogP contribution >= 0.6 is 0 Å². The van der Waals surface area contributed by atoms with E-state index in [1.807, 2.05) is 12.4 Å². The van der Waals surface area contributed by atoms with Crippen molar-refractivity contribution in [3.63, 3.8) is 0 Å².